The molecule has 2 N–H and O–H groups in total. The van der Waals surface area contributed by atoms with Gasteiger partial charge in [0.2, 0.25) is 10.0 Å². The number of primary sulfonamides is 1. The van der Waals surface area contributed by atoms with E-state index in [9.17, 15) is 18.5 Å². The van der Waals surface area contributed by atoms with Gasteiger partial charge >= 0.3 is 0 Å². The summed E-state index contributed by atoms with van der Waals surface area (Å²) in [6, 6.07) is 18.5. The number of nitriles is 1. The summed E-state index contributed by atoms with van der Waals surface area (Å²) in [5.41, 5.74) is 2.97. The summed E-state index contributed by atoms with van der Waals surface area (Å²) in [6.07, 6.45) is 4.62. The number of carbonyl (C=O) groups is 1. The number of rotatable bonds is 5. The van der Waals surface area contributed by atoms with Crippen LogP contribution < -0.4 is 10.0 Å². The summed E-state index contributed by atoms with van der Waals surface area (Å²) in [7, 11) is -3.92. The first kappa shape index (κ1) is 26.8. The molecule has 1 aromatic heterocycles. The number of halogens is 2. The normalized spacial score (nSPS) is 17.9. The van der Waals surface area contributed by atoms with E-state index in [1.807, 2.05) is 6.07 Å². The summed E-state index contributed by atoms with van der Waals surface area (Å²) < 4.78 is 23.7. The van der Waals surface area contributed by atoms with E-state index in [0.717, 1.165) is 0 Å². The second-order valence-corrected chi connectivity index (χ2v) is 11.4. The van der Waals surface area contributed by atoms with Crippen molar-refractivity contribution in [3.05, 3.63) is 111 Å². The van der Waals surface area contributed by atoms with Gasteiger partial charge in [0, 0.05) is 39.6 Å². The number of nitrogens with two attached hydrogens (primary N) is 1. The molecule has 39 heavy (non-hydrogen) atoms. The lowest BCUT2D eigenvalue weighted by molar-refractivity contribution is -0.116. The minimum absolute atomic E-state index is 0.0639. The Labute approximate surface area is 235 Å². The van der Waals surface area contributed by atoms with Crippen LogP contribution in [0.15, 0.2) is 99.4 Å². The van der Waals surface area contributed by atoms with Crippen molar-refractivity contribution >= 4 is 50.9 Å². The maximum atomic E-state index is 13.5. The highest BCUT2D eigenvalue weighted by Crippen LogP contribution is 2.49. The van der Waals surface area contributed by atoms with Crippen LogP contribution in [0.2, 0.25) is 10.0 Å². The third kappa shape index (κ3) is 5.24. The van der Waals surface area contributed by atoms with Gasteiger partial charge < -0.3 is 0 Å². The highest BCUT2D eigenvalue weighted by molar-refractivity contribution is 7.89. The van der Waals surface area contributed by atoms with Gasteiger partial charge in [-0.15, -0.1) is 0 Å². The molecule has 1 aliphatic carbocycles. The Bertz CT molecular complexity index is 1710. The summed E-state index contributed by atoms with van der Waals surface area (Å²) >= 11 is 12.8. The highest BCUT2D eigenvalue weighted by Gasteiger charge is 2.41. The molecule has 0 radical (unpaired) electrons. The lowest BCUT2D eigenvalue weighted by Crippen LogP contribution is -2.35. The largest absolute Gasteiger partial charge is 0.298 e. The van der Waals surface area contributed by atoms with Gasteiger partial charge in [-0.25, -0.2) is 18.5 Å². The van der Waals surface area contributed by atoms with Crippen LogP contribution in [0, 0.1) is 11.3 Å². The number of ketones is 1. The fraction of sp³-hybridized carbons (Fsp3) is 0.143. The van der Waals surface area contributed by atoms with E-state index < -0.39 is 15.9 Å². The molecule has 0 spiro atoms. The van der Waals surface area contributed by atoms with Crippen LogP contribution in [0.3, 0.4) is 0 Å². The molecule has 1 atom stereocenters. The van der Waals surface area contributed by atoms with E-state index in [2.05, 4.69) is 11.1 Å². The minimum atomic E-state index is -3.92. The second-order valence-electron chi connectivity index (χ2n) is 8.97. The summed E-state index contributed by atoms with van der Waals surface area (Å²) in [5, 5.41) is 16.6. The van der Waals surface area contributed by atoms with Gasteiger partial charge in [0.25, 0.3) is 0 Å². The number of aliphatic imine (C=N–C) groups is 1. The molecular formula is C28H21Cl2N5O3S. The number of hydrogen-bond donors (Lipinski definition) is 1. The molecule has 8 nitrogen and oxygen atoms in total. The minimum Gasteiger partial charge on any atom is -0.298 e. The molecule has 1 aliphatic heterocycles. The van der Waals surface area contributed by atoms with E-state index in [1.165, 1.54) is 18.3 Å². The van der Waals surface area contributed by atoms with Gasteiger partial charge in [0.15, 0.2) is 11.6 Å². The summed E-state index contributed by atoms with van der Waals surface area (Å²) in [4.78, 5) is 24.1. The van der Waals surface area contributed by atoms with Crippen molar-refractivity contribution in [3.8, 4) is 6.07 Å². The van der Waals surface area contributed by atoms with E-state index in [-0.39, 0.29) is 22.1 Å². The molecule has 2 aromatic carbocycles. The molecule has 0 amide bonds. The van der Waals surface area contributed by atoms with Gasteiger partial charge in [-0.2, -0.15) is 5.26 Å². The summed E-state index contributed by atoms with van der Waals surface area (Å²) in [5.74, 6) is -0.590. The third-order valence-corrected chi connectivity index (χ3v) is 8.04. The number of anilines is 1. The van der Waals surface area contributed by atoms with Crippen molar-refractivity contribution in [3.63, 3.8) is 0 Å². The first-order valence-electron chi connectivity index (χ1n) is 11.9. The first-order chi connectivity index (χ1) is 18.7. The van der Waals surface area contributed by atoms with Crippen LogP contribution in [-0.2, 0) is 14.8 Å². The smallest absolute Gasteiger partial charge is 0.238 e. The Balaban J connectivity index is 1.79. The monoisotopic (exact) mass is 577 g/mol. The fourth-order valence-corrected chi connectivity index (χ4v) is 5.89. The SMILES string of the molecule is N#CC1=C(/N=C/c2ccccn2)N(c2ccc(S(N)(=O)=O)cc2)C2=C(C(=O)CCC2)C1c1ccc(Cl)cc1Cl. The van der Waals surface area contributed by atoms with Crippen molar-refractivity contribution in [1.82, 2.24) is 4.98 Å². The number of hydrogen-bond acceptors (Lipinski definition) is 7. The van der Waals surface area contributed by atoms with Crippen LogP contribution >= 0.6 is 23.2 Å². The van der Waals surface area contributed by atoms with E-state index in [1.54, 1.807) is 53.6 Å². The second kappa shape index (κ2) is 10.8. The van der Waals surface area contributed by atoms with Gasteiger partial charge in [-0.3, -0.25) is 14.7 Å². The number of sulfonamides is 1. The predicted octanol–water partition coefficient (Wildman–Crippen LogP) is 5.50. The average molecular weight is 578 g/mol. The van der Waals surface area contributed by atoms with Crippen LogP contribution in [-0.4, -0.2) is 25.4 Å². The zero-order valence-electron chi connectivity index (χ0n) is 20.4. The molecule has 0 saturated heterocycles. The van der Waals surface area contributed by atoms with E-state index in [4.69, 9.17) is 33.3 Å². The zero-order chi connectivity index (χ0) is 27.7. The fourth-order valence-electron chi connectivity index (χ4n) is 4.86. The molecule has 2 heterocycles. The lowest BCUT2D eigenvalue weighted by Gasteiger charge is -2.39. The molecule has 0 saturated carbocycles. The third-order valence-electron chi connectivity index (χ3n) is 6.55. The highest BCUT2D eigenvalue weighted by atomic mass is 35.5. The number of Topliss-reactive ketones (excluding diaryl/α,β-unsaturated/α-hetero) is 1. The first-order valence-corrected chi connectivity index (χ1v) is 14.2. The molecule has 1 unspecified atom stereocenters. The molecule has 196 valence electrons. The Kier molecular flexibility index (Phi) is 7.38. The van der Waals surface area contributed by atoms with Gasteiger partial charge in [-0.05, 0) is 66.9 Å². The Morgan fingerprint density at radius 2 is 1.87 bits per heavy atom. The number of carbonyl (C=O) groups excluding carboxylic acids is 1. The molecule has 11 heteroatoms. The predicted molar refractivity (Wildman–Crippen MR) is 150 cm³/mol. The van der Waals surface area contributed by atoms with Crippen LogP contribution in [0.1, 0.15) is 36.4 Å². The Hall–Kier alpha value is -3.81. The van der Waals surface area contributed by atoms with Crippen molar-refractivity contribution in [2.24, 2.45) is 10.1 Å². The quantitative estimate of drug-likeness (QED) is 0.398. The standard InChI is InChI=1S/C28H21Cl2N5O3S/c29-17-7-12-21(23(30)14-17)26-22(15-31)28(34-16-18-4-1-2-13-33-18)35(24-5-3-6-25(36)27(24)26)19-8-10-20(11-9-19)39(32,37)38/h1-2,4,7-14,16,26H,3,5-6H2,(H2,32,37,38)/b34-16+. The van der Waals surface area contributed by atoms with Crippen LogP contribution in [0.5, 0.6) is 0 Å². The maximum absolute atomic E-state index is 13.5. The molecule has 3 aromatic rings. The molecular weight excluding hydrogens is 557 g/mol. The Morgan fingerprint density at radius 3 is 2.51 bits per heavy atom. The topological polar surface area (TPSA) is 130 Å². The number of benzene rings is 2. The Morgan fingerprint density at radius 1 is 1.10 bits per heavy atom. The van der Waals surface area contributed by atoms with Gasteiger partial charge in [-0.1, -0.05) is 35.3 Å². The van der Waals surface area contributed by atoms with E-state index >= 15 is 0 Å². The average Bonchev–Trinajstić information content (AvgIpc) is 2.91. The van der Waals surface area contributed by atoms with Crippen molar-refractivity contribution in [2.75, 3.05) is 4.90 Å². The van der Waals surface area contributed by atoms with Gasteiger partial charge in [0.05, 0.1) is 34.4 Å². The number of pyridine rings is 1. The molecule has 2 aliphatic rings. The molecule has 0 fully saturated rings. The van der Waals surface area contributed by atoms with Crippen molar-refractivity contribution < 1.29 is 13.2 Å². The number of aromatic nitrogens is 1. The lowest BCUT2D eigenvalue weighted by atomic mass is 9.75. The maximum Gasteiger partial charge on any atom is 0.238 e. The van der Waals surface area contributed by atoms with Crippen molar-refractivity contribution in [2.45, 2.75) is 30.1 Å². The number of nitrogens with zero attached hydrogens (tertiary/aromatic N) is 4. The summed E-state index contributed by atoms with van der Waals surface area (Å²) in [6.45, 7) is 0. The molecule has 5 rings (SSSR count). The van der Waals surface area contributed by atoms with Crippen molar-refractivity contribution in [1.29, 1.82) is 5.26 Å². The molecule has 0 bridgehead atoms. The van der Waals surface area contributed by atoms with Crippen LogP contribution in [0.4, 0.5) is 5.69 Å². The van der Waals surface area contributed by atoms with E-state index in [0.29, 0.717) is 57.5 Å². The number of allylic oxidation sites excluding steroid dienone is 3. The van der Waals surface area contributed by atoms with Crippen LogP contribution in [0.25, 0.3) is 0 Å². The zero-order valence-corrected chi connectivity index (χ0v) is 22.7. The van der Waals surface area contributed by atoms with Gasteiger partial charge in [0.1, 0.15) is 0 Å².